The van der Waals surface area contributed by atoms with Crippen LogP contribution in [0.3, 0.4) is 0 Å². The number of furan rings is 1. The molecule has 3 aromatic rings. The summed E-state index contributed by atoms with van der Waals surface area (Å²) >= 11 is 0. The predicted molar refractivity (Wildman–Crippen MR) is 88.9 cm³/mol. The third-order valence-electron chi connectivity index (χ3n) is 3.84. The average Bonchev–Trinajstić information content (AvgIpc) is 3.25. The molecule has 0 aliphatic carbocycles. The quantitative estimate of drug-likeness (QED) is 0.736. The Balaban J connectivity index is 1.76. The molecule has 142 valence electrons. The van der Waals surface area contributed by atoms with Gasteiger partial charge in [0.1, 0.15) is 0 Å². The Morgan fingerprint density at radius 1 is 1.26 bits per heavy atom. The van der Waals surface area contributed by atoms with Crippen LogP contribution in [0.4, 0.5) is 13.2 Å². The third-order valence-corrected chi connectivity index (χ3v) is 3.84. The number of carbonyl (C=O) groups excluding carboxylic acids is 1. The summed E-state index contributed by atoms with van der Waals surface area (Å²) in [6.07, 6.45) is -3.13. The van der Waals surface area contributed by atoms with E-state index in [9.17, 15) is 22.8 Å². The highest BCUT2D eigenvalue weighted by Gasteiger charge is 2.30. The van der Waals surface area contributed by atoms with Gasteiger partial charge < -0.3 is 9.73 Å². The lowest BCUT2D eigenvalue weighted by atomic mass is 10.1. The minimum atomic E-state index is -4.49. The van der Waals surface area contributed by atoms with E-state index < -0.39 is 23.3 Å². The van der Waals surface area contributed by atoms with Crippen LogP contribution in [0.1, 0.15) is 16.1 Å². The molecule has 0 fully saturated rings. The Morgan fingerprint density at radius 2 is 2.04 bits per heavy atom. The number of alkyl halides is 3. The standard InChI is InChI=1S/C17H15F3N4O3/c1-23-14(11-4-2-5-12(10-11)17(18,19)20)22-24(16(23)26)8-7-21-15(25)13-6-3-9-27-13/h2-6,9-10H,7-8H2,1H3,(H,21,25). The van der Waals surface area contributed by atoms with Gasteiger partial charge in [0.05, 0.1) is 18.4 Å². The molecule has 1 amide bonds. The Bertz CT molecular complexity index is 1000. The highest BCUT2D eigenvalue weighted by molar-refractivity contribution is 5.91. The summed E-state index contributed by atoms with van der Waals surface area (Å²) in [6, 6.07) is 7.65. The summed E-state index contributed by atoms with van der Waals surface area (Å²) in [5.74, 6) is -0.210. The number of nitrogens with one attached hydrogen (secondary N) is 1. The lowest BCUT2D eigenvalue weighted by Crippen LogP contribution is -2.31. The van der Waals surface area contributed by atoms with E-state index in [-0.39, 0.29) is 30.2 Å². The first-order valence-electron chi connectivity index (χ1n) is 7.90. The zero-order valence-corrected chi connectivity index (χ0v) is 14.2. The van der Waals surface area contributed by atoms with Crippen LogP contribution in [0.5, 0.6) is 0 Å². The van der Waals surface area contributed by atoms with Crippen LogP contribution in [0, 0.1) is 0 Å². The summed E-state index contributed by atoms with van der Waals surface area (Å²) in [5, 5.41) is 6.66. The summed E-state index contributed by atoms with van der Waals surface area (Å²) < 4.78 is 45.8. The average molecular weight is 380 g/mol. The van der Waals surface area contributed by atoms with E-state index in [4.69, 9.17) is 4.42 Å². The second-order valence-corrected chi connectivity index (χ2v) is 5.70. The summed E-state index contributed by atoms with van der Waals surface area (Å²) in [6.45, 7) is 0.149. The van der Waals surface area contributed by atoms with E-state index in [1.54, 1.807) is 6.07 Å². The minimum absolute atomic E-state index is 0.0537. The Hall–Kier alpha value is -3.30. The van der Waals surface area contributed by atoms with E-state index in [0.29, 0.717) is 0 Å². The first kappa shape index (κ1) is 18.5. The van der Waals surface area contributed by atoms with Crippen molar-refractivity contribution in [3.05, 3.63) is 64.5 Å². The molecule has 2 heterocycles. The Labute approximate surface area is 151 Å². The van der Waals surface area contributed by atoms with Gasteiger partial charge in [-0.05, 0) is 24.3 Å². The fourth-order valence-electron chi connectivity index (χ4n) is 2.49. The van der Waals surface area contributed by atoms with E-state index in [0.717, 1.165) is 21.4 Å². The van der Waals surface area contributed by atoms with Crippen molar-refractivity contribution >= 4 is 5.91 Å². The number of aromatic nitrogens is 3. The second kappa shape index (κ2) is 7.14. The van der Waals surface area contributed by atoms with Crippen molar-refractivity contribution in [2.24, 2.45) is 7.05 Å². The third kappa shape index (κ3) is 3.94. The summed E-state index contributed by atoms with van der Waals surface area (Å²) in [5.41, 5.74) is -1.16. The van der Waals surface area contributed by atoms with Gasteiger partial charge in [0.25, 0.3) is 5.91 Å². The van der Waals surface area contributed by atoms with Crippen LogP contribution < -0.4 is 11.0 Å². The largest absolute Gasteiger partial charge is 0.459 e. The molecule has 27 heavy (non-hydrogen) atoms. The Kier molecular flexibility index (Phi) is 4.89. The van der Waals surface area contributed by atoms with E-state index in [1.165, 1.54) is 31.5 Å². The first-order chi connectivity index (χ1) is 12.8. The van der Waals surface area contributed by atoms with Crippen molar-refractivity contribution < 1.29 is 22.4 Å². The monoisotopic (exact) mass is 380 g/mol. The SMILES string of the molecule is Cn1c(-c2cccc(C(F)(F)F)c2)nn(CCNC(=O)c2ccco2)c1=O. The number of amides is 1. The fraction of sp³-hybridized carbons (Fsp3) is 0.235. The van der Waals surface area contributed by atoms with Gasteiger partial charge in [0, 0.05) is 19.2 Å². The van der Waals surface area contributed by atoms with E-state index >= 15 is 0 Å². The molecule has 1 aromatic carbocycles. The second-order valence-electron chi connectivity index (χ2n) is 5.70. The first-order valence-corrected chi connectivity index (χ1v) is 7.90. The number of halogens is 3. The molecule has 0 radical (unpaired) electrons. The van der Waals surface area contributed by atoms with Gasteiger partial charge in [-0.3, -0.25) is 9.36 Å². The van der Waals surface area contributed by atoms with Gasteiger partial charge in [-0.2, -0.15) is 13.2 Å². The molecule has 7 nitrogen and oxygen atoms in total. The van der Waals surface area contributed by atoms with Crippen LogP contribution in [0.25, 0.3) is 11.4 Å². The summed E-state index contributed by atoms with van der Waals surface area (Å²) in [4.78, 5) is 24.0. The molecule has 0 atom stereocenters. The molecule has 0 spiro atoms. The minimum Gasteiger partial charge on any atom is -0.459 e. The molecular weight excluding hydrogens is 365 g/mol. The van der Waals surface area contributed by atoms with Crippen molar-refractivity contribution in [1.29, 1.82) is 0 Å². The normalized spacial score (nSPS) is 11.6. The van der Waals surface area contributed by atoms with Crippen LogP contribution in [0.15, 0.2) is 51.9 Å². The highest BCUT2D eigenvalue weighted by Crippen LogP contribution is 2.31. The van der Waals surface area contributed by atoms with Crippen molar-refractivity contribution in [3.8, 4) is 11.4 Å². The van der Waals surface area contributed by atoms with Crippen molar-refractivity contribution in [2.75, 3.05) is 6.54 Å². The Morgan fingerprint density at radius 3 is 2.70 bits per heavy atom. The topological polar surface area (TPSA) is 82.1 Å². The predicted octanol–water partition coefficient (Wildman–Crippen LogP) is 2.29. The van der Waals surface area contributed by atoms with Crippen molar-refractivity contribution in [2.45, 2.75) is 12.7 Å². The molecule has 0 saturated carbocycles. The molecular formula is C17H15F3N4O3. The molecule has 10 heteroatoms. The van der Waals surface area contributed by atoms with Gasteiger partial charge in [-0.1, -0.05) is 12.1 Å². The highest BCUT2D eigenvalue weighted by atomic mass is 19.4. The van der Waals surface area contributed by atoms with Gasteiger partial charge in [-0.25, -0.2) is 9.48 Å². The molecule has 3 rings (SSSR count). The number of rotatable bonds is 5. The fourth-order valence-corrected chi connectivity index (χ4v) is 2.49. The van der Waals surface area contributed by atoms with Crippen LogP contribution in [-0.4, -0.2) is 26.8 Å². The van der Waals surface area contributed by atoms with Crippen LogP contribution in [0.2, 0.25) is 0 Å². The molecule has 1 N–H and O–H groups in total. The summed E-state index contributed by atoms with van der Waals surface area (Å²) in [7, 11) is 1.42. The molecule has 0 unspecified atom stereocenters. The number of hydrogen-bond acceptors (Lipinski definition) is 4. The lowest BCUT2D eigenvalue weighted by Gasteiger charge is -2.07. The van der Waals surface area contributed by atoms with E-state index in [2.05, 4.69) is 10.4 Å². The number of nitrogens with zero attached hydrogens (tertiary/aromatic N) is 3. The smallest absolute Gasteiger partial charge is 0.416 e. The van der Waals surface area contributed by atoms with E-state index in [1.807, 2.05) is 0 Å². The van der Waals surface area contributed by atoms with Gasteiger partial charge in [0.15, 0.2) is 11.6 Å². The van der Waals surface area contributed by atoms with Gasteiger partial charge in [0.2, 0.25) is 0 Å². The molecule has 0 aliphatic heterocycles. The maximum Gasteiger partial charge on any atom is 0.416 e. The zero-order valence-electron chi connectivity index (χ0n) is 14.2. The van der Waals surface area contributed by atoms with Crippen LogP contribution >= 0.6 is 0 Å². The zero-order chi connectivity index (χ0) is 19.6. The molecule has 0 bridgehead atoms. The van der Waals surface area contributed by atoms with Crippen LogP contribution in [-0.2, 0) is 19.8 Å². The van der Waals surface area contributed by atoms with Crippen molar-refractivity contribution in [1.82, 2.24) is 19.7 Å². The number of hydrogen-bond donors (Lipinski definition) is 1. The molecule has 0 saturated heterocycles. The molecule has 0 aliphatic rings. The van der Waals surface area contributed by atoms with Gasteiger partial charge >= 0.3 is 11.9 Å². The number of benzene rings is 1. The molecule has 2 aromatic heterocycles. The number of carbonyl (C=O) groups is 1. The van der Waals surface area contributed by atoms with Crippen molar-refractivity contribution in [3.63, 3.8) is 0 Å². The van der Waals surface area contributed by atoms with Gasteiger partial charge in [-0.15, -0.1) is 5.10 Å². The lowest BCUT2D eigenvalue weighted by molar-refractivity contribution is -0.137. The maximum atomic E-state index is 12.9. The maximum absolute atomic E-state index is 12.9.